The van der Waals surface area contributed by atoms with Crippen LogP contribution in [0.4, 0.5) is 11.8 Å². The minimum Gasteiger partial charge on any atom is -0.383 e. The molecule has 2 aromatic rings. The van der Waals surface area contributed by atoms with Crippen LogP contribution >= 0.6 is 0 Å². The van der Waals surface area contributed by atoms with Gasteiger partial charge in [0, 0.05) is 13.2 Å². The van der Waals surface area contributed by atoms with Gasteiger partial charge in [-0.1, -0.05) is 0 Å². The third-order valence-electron chi connectivity index (χ3n) is 1.67. The standard InChI is InChI=1S/C7H9N5/c1-9-7-11-5(8)4-2-3-10-6(4)12-7/h2-3H,1H3,(H4,8,9,10,11,12). The number of anilines is 2. The van der Waals surface area contributed by atoms with Gasteiger partial charge in [0.25, 0.3) is 0 Å². The molecule has 0 atom stereocenters. The molecule has 2 heterocycles. The van der Waals surface area contributed by atoms with Gasteiger partial charge in [-0.25, -0.2) is 0 Å². The molecular weight excluding hydrogens is 154 g/mol. The Balaban J connectivity index is 2.75. The molecule has 0 bridgehead atoms. The molecule has 5 nitrogen and oxygen atoms in total. The fraction of sp³-hybridized carbons (Fsp3) is 0.143. The molecule has 62 valence electrons. The van der Waals surface area contributed by atoms with Crippen molar-refractivity contribution in [2.24, 2.45) is 0 Å². The third kappa shape index (κ3) is 0.868. The highest BCUT2D eigenvalue weighted by Gasteiger charge is 2.03. The van der Waals surface area contributed by atoms with E-state index in [9.17, 15) is 0 Å². The van der Waals surface area contributed by atoms with Gasteiger partial charge in [-0.3, -0.25) is 0 Å². The van der Waals surface area contributed by atoms with E-state index in [1.54, 1.807) is 13.2 Å². The zero-order valence-corrected chi connectivity index (χ0v) is 6.63. The van der Waals surface area contributed by atoms with Crippen LogP contribution in [0.25, 0.3) is 11.0 Å². The van der Waals surface area contributed by atoms with E-state index in [1.807, 2.05) is 6.07 Å². The molecule has 0 unspecified atom stereocenters. The average molecular weight is 163 g/mol. The molecular formula is C7H9N5. The van der Waals surface area contributed by atoms with Gasteiger partial charge < -0.3 is 16.0 Å². The lowest BCUT2D eigenvalue weighted by atomic mass is 10.4. The summed E-state index contributed by atoms with van der Waals surface area (Å²) in [5.74, 6) is 1.02. The molecule has 0 aliphatic heterocycles. The molecule has 0 radical (unpaired) electrons. The molecule has 0 saturated carbocycles. The van der Waals surface area contributed by atoms with Crippen LogP contribution in [-0.4, -0.2) is 22.0 Å². The highest BCUT2D eigenvalue weighted by molar-refractivity contribution is 5.86. The lowest BCUT2D eigenvalue weighted by molar-refractivity contribution is 1.18. The number of nitrogens with zero attached hydrogens (tertiary/aromatic N) is 2. The molecule has 2 rings (SSSR count). The summed E-state index contributed by atoms with van der Waals surface area (Å²) in [5.41, 5.74) is 6.42. The van der Waals surface area contributed by atoms with Crippen LogP contribution in [0, 0.1) is 0 Å². The van der Waals surface area contributed by atoms with Gasteiger partial charge in [-0.05, 0) is 6.07 Å². The predicted octanol–water partition coefficient (Wildman–Crippen LogP) is 0.582. The van der Waals surface area contributed by atoms with Crippen molar-refractivity contribution < 1.29 is 0 Å². The van der Waals surface area contributed by atoms with Crippen LogP contribution in [0.1, 0.15) is 0 Å². The van der Waals surface area contributed by atoms with Crippen molar-refractivity contribution in [1.82, 2.24) is 15.0 Å². The maximum absolute atomic E-state index is 5.67. The largest absolute Gasteiger partial charge is 0.383 e. The number of aromatic nitrogens is 3. The summed E-state index contributed by atoms with van der Waals surface area (Å²) >= 11 is 0. The molecule has 0 saturated heterocycles. The highest BCUT2D eigenvalue weighted by atomic mass is 15.1. The first-order valence-corrected chi connectivity index (χ1v) is 3.59. The normalized spacial score (nSPS) is 10.4. The second-order valence-corrected chi connectivity index (χ2v) is 2.42. The van der Waals surface area contributed by atoms with E-state index >= 15 is 0 Å². The smallest absolute Gasteiger partial charge is 0.226 e. The number of H-pyrrole nitrogens is 1. The van der Waals surface area contributed by atoms with Crippen LogP contribution < -0.4 is 11.1 Å². The van der Waals surface area contributed by atoms with Gasteiger partial charge in [0.1, 0.15) is 11.5 Å². The number of aromatic amines is 1. The number of hydrogen-bond donors (Lipinski definition) is 3. The Hall–Kier alpha value is -1.78. The minimum atomic E-state index is 0.491. The second kappa shape index (κ2) is 2.37. The molecule has 0 aromatic carbocycles. The van der Waals surface area contributed by atoms with E-state index in [-0.39, 0.29) is 0 Å². The Kier molecular flexibility index (Phi) is 1.36. The van der Waals surface area contributed by atoms with Gasteiger partial charge in [-0.2, -0.15) is 9.97 Å². The van der Waals surface area contributed by atoms with Crippen molar-refractivity contribution in [3.63, 3.8) is 0 Å². The predicted molar refractivity (Wildman–Crippen MR) is 47.8 cm³/mol. The van der Waals surface area contributed by atoms with Gasteiger partial charge in [0.05, 0.1) is 5.39 Å². The van der Waals surface area contributed by atoms with Crippen LogP contribution in [0.15, 0.2) is 12.3 Å². The summed E-state index contributed by atoms with van der Waals surface area (Å²) in [6.07, 6.45) is 1.79. The Morgan fingerprint density at radius 1 is 1.50 bits per heavy atom. The lowest BCUT2D eigenvalue weighted by Crippen LogP contribution is -2.00. The van der Waals surface area contributed by atoms with Crippen molar-refractivity contribution in [2.45, 2.75) is 0 Å². The van der Waals surface area contributed by atoms with E-state index < -0.39 is 0 Å². The third-order valence-corrected chi connectivity index (χ3v) is 1.67. The zero-order chi connectivity index (χ0) is 8.55. The molecule has 12 heavy (non-hydrogen) atoms. The van der Waals surface area contributed by atoms with E-state index in [0.717, 1.165) is 11.0 Å². The maximum Gasteiger partial charge on any atom is 0.226 e. The number of rotatable bonds is 1. The Morgan fingerprint density at radius 2 is 2.33 bits per heavy atom. The number of fused-ring (bicyclic) bond motifs is 1. The number of hydrogen-bond acceptors (Lipinski definition) is 4. The van der Waals surface area contributed by atoms with E-state index in [1.165, 1.54) is 0 Å². The van der Waals surface area contributed by atoms with Crippen LogP contribution in [0.5, 0.6) is 0 Å². The summed E-state index contributed by atoms with van der Waals surface area (Å²) in [7, 11) is 1.75. The molecule has 5 heteroatoms. The zero-order valence-electron chi connectivity index (χ0n) is 6.63. The fourth-order valence-corrected chi connectivity index (χ4v) is 1.08. The van der Waals surface area contributed by atoms with Crippen molar-refractivity contribution >= 4 is 22.8 Å². The van der Waals surface area contributed by atoms with E-state index in [2.05, 4.69) is 20.3 Å². The first-order valence-electron chi connectivity index (χ1n) is 3.59. The second-order valence-electron chi connectivity index (χ2n) is 2.42. The monoisotopic (exact) mass is 163 g/mol. The molecule has 0 fully saturated rings. The molecule has 2 aromatic heterocycles. The number of nitrogens with two attached hydrogens (primary N) is 1. The van der Waals surface area contributed by atoms with Crippen LogP contribution in [-0.2, 0) is 0 Å². The van der Waals surface area contributed by atoms with Crippen molar-refractivity contribution in [3.05, 3.63) is 12.3 Å². The summed E-state index contributed by atoms with van der Waals surface area (Å²) in [4.78, 5) is 11.1. The Morgan fingerprint density at radius 3 is 3.08 bits per heavy atom. The lowest BCUT2D eigenvalue weighted by Gasteiger charge is -1.99. The molecule has 0 amide bonds. The molecule has 0 aliphatic carbocycles. The quantitative estimate of drug-likeness (QED) is 0.574. The van der Waals surface area contributed by atoms with Gasteiger partial charge in [-0.15, -0.1) is 0 Å². The summed E-state index contributed by atoms with van der Waals surface area (Å²) in [6, 6.07) is 1.85. The Labute approximate surface area is 69.0 Å². The summed E-state index contributed by atoms with van der Waals surface area (Å²) in [6.45, 7) is 0. The molecule has 0 spiro atoms. The SMILES string of the molecule is CNc1nc(N)c2cc[nH]c2n1. The minimum absolute atomic E-state index is 0.491. The average Bonchev–Trinajstić information content (AvgIpc) is 2.52. The van der Waals surface area contributed by atoms with Crippen molar-refractivity contribution in [1.29, 1.82) is 0 Å². The van der Waals surface area contributed by atoms with Gasteiger partial charge in [0.15, 0.2) is 0 Å². The first kappa shape index (κ1) is 6.90. The Bertz CT molecular complexity index is 405. The number of nitrogen functional groups attached to an aromatic ring is 1. The van der Waals surface area contributed by atoms with Crippen molar-refractivity contribution in [2.75, 3.05) is 18.1 Å². The first-order chi connectivity index (χ1) is 5.81. The van der Waals surface area contributed by atoms with Gasteiger partial charge >= 0.3 is 0 Å². The van der Waals surface area contributed by atoms with Crippen LogP contribution in [0.2, 0.25) is 0 Å². The summed E-state index contributed by atoms with van der Waals surface area (Å²) in [5, 5.41) is 3.68. The highest BCUT2D eigenvalue weighted by Crippen LogP contribution is 2.17. The van der Waals surface area contributed by atoms with Crippen molar-refractivity contribution in [3.8, 4) is 0 Å². The fourth-order valence-electron chi connectivity index (χ4n) is 1.08. The van der Waals surface area contributed by atoms with E-state index in [4.69, 9.17) is 5.73 Å². The van der Waals surface area contributed by atoms with E-state index in [0.29, 0.717) is 11.8 Å². The maximum atomic E-state index is 5.67. The van der Waals surface area contributed by atoms with Gasteiger partial charge in [0.2, 0.25) is 5.95 Å². The number of nitrogens with one attached hydrogen (secondary N) is 2. The molecule has 0 aliphatic rings. The summed E-state index contributed by atoms with van der Waals surface area (Å²) < 4.78 is 0. The van der Waals surface area contributed by atoms with Crippen LogP contribution in [0.3, 0.4) is 0 Å². The molecule has 4 N–H and O–H groups in total. The topological polar surface area (TPSA) is 79.6 Å².